The molecule has 36 heavy (non-hydrogen) atoms. The van der Waals surface area contributed by atoms with Gasteiger partial charge in [-0.05, 0) is 76.2 Å². The van der Waals surface area contributed by atoms with E-state index in [1.165, 1.54) is 38.3 Å². The van der Waals surface area contributed by atoms with E-state index < -0.39 is 0 Å². The average molecular weight is 483 g/mol. The molecule has 174 valence electrons. The molecule has 0 radical (unpaired) electrons. The molecule has 0 saturated carbocycles. The fourth-order valence-corrected chi connectivity index (χ4v) is 5.54. The molecule has 2 heterocycles. The number of fused-ring (bicyclic) bond motifs is 1. The maximum atomic E-state index is 4.94. The predicted molar refractivity (Wildman–Crippen MR) is 155 cm³/mol. The van der Waals surface area contributed by atoms with Gasteiger partial charge >= 0.3 is 0 Å². The third-order valence-electron chi connectivity index (χ3n) is 6.61. The topological polar surface area (TPSA) is 24.7 Å². The summed E-state index contributed by atoms with van der Waals surface area (Å²) in [4.78, 5) is 12.1. The zero-order chi connectivity index (χ0) is 24.3. The van der Waals surface area contributed by atoms with Gasteiger partial charge in [0, 0.05) is 22.4 Å². The maximum absolute atomic E-state index is 4.94. The zero-order valence-electron chi connectivity index (χ0n) is 20.2. The van der Waals surface area contributed by atoms with Crippen molar-refractivity contribution in [3.8, 4) is 22.3 Å². The number of aryl methyl sites for hydroxylation is 1. The van der Waals surface area contributed by atoms with Crippen LogP contribution in [0, 0.1) is 0 Å². The Morgan fingerprint density at radius 3 is 2.17 bits per heavy atom. The van der Waals surface area contributed by atoms with Crippen LogP contribution in [0.15, 0.2) is 119 Å². The van der Waals surface area contributed by atoms with Crippen molar-refractivity contribution in [3.05, 3.63) is 130 Å². The van der Waals surface area contributed by atoms with Gasteiger partial charge in [-0.15, -0.1) is 11.3 Å². The number of rotatable bonds is 6. The summed E-state index contributed by atoms with van der Waals surface area (Å²) < 4.78 is 0. The summed E-state index contributed by atoms with van der Waals surface area (Å²) in [5.74, 6) is 0. The lowest BCUT2D eigenvalue weighted by Gasteiger charge is -2.07. The molecule has 0 amide bonds. The third kappa shape index (κ3) is 4.58. The van der Waals surface area contributed by atoms with Crippen LogP contribution in [0.3, 0.4) is 0 Å². The first-order valence-corrected chi connectivity index (χ1v) is 13.2. The van der Waals surface area contributed by atoms with Crippen LogP contribution in [0.5, 0.6) is 0 Å². The summed E-state index contributed by atoms with van der Waals surface area (Å²) in [5, 5.41) is 0. The van der Waals surface area contributed by atoms with E-state index in [4.69, 9.17) is 9.98 Å². The molecule has 0 unspecified atom stereocenters. The SMILES string of the molecule is CCc1cc(-c2ccccc2)ccc1N=Cc1ccc(C2=Nc3ccc(-c4ccccc4)cc3C2)s1. The van der Waals surface area contributed by atoms with Gasteiger partial charge in [-0.2, -0.15) is 0 Å². The lowest BCUT2D eigenvalue weighted by Crippen LogP contribution is -1.96. The molecular formula is C33H26N2S. The second kappa shape index (κ2) is 9.88. The van der Waals surface area contributed by atoms with E-state index in [0.717, 1.165) is 34.8 Å². The highest BCUT2D eigenvalue weighted by Gasteiger charge is 2.18. The molecule has 0 fully saturated rings. The highest BCUT2D eigenvalue weighted by atomic mass is 32.1. The fourth-order valence-electron chi connectivity index (χ4n) is 4.67. The first-order valence-electron chi connectivity index (χ1n) is 12.4. The Morgan fingerprint density at radius 2 is 1.44 bits per heavy atom. The van der Waals surface area contributed by atoms with Crippen molar-refractivity contribution in [1.82, 2.24) is 0 Å². The van der Waals surface area contributed by atoms with Crippen LogP contribution in [-0.4, -0.2) is 11.9 Å². The predicted octanol–water partition coefficient (Wildman–Crippen LogP) is 9.07. The molecule has 1 aromatic heterocycles. The molecule has 0 saturated heterocycles. The summed E-state index contributed by atoms with van der Waals surface area (Å²) in [6, 6.07) is 38.5. The maximum Gasteiger partial charge on any atom is 0.0670 e. The molecule has 4 aromatic carbocycles. The highest BCUT2D eigenvalue weighted by molar-refractivity contribution is 7.15. The summed E-state index contributed by atoms with van der Waals surface area (Å²) in [6.45, 7) is 2.19. The van der Waals surface area contributed by atoms with Crippen molar-refractivity contribution < 1.29 is 0 Å². The van der Waals surface area contributed by atoms with Gasteiger partial charge in [-0.1, -0.05) is 79.7 Å². The van der Waals surface area contributed by atoms with Crippen LogP contribution in [0.2, 0.25) is 0 Å². The number of aliphatic imine (C=N–C) groups is 2. The van der Waals surface area contributed by atoms with Crippen molar-refractivity contribution in [2.75, 3.05) is 0 Å². The Morgan fingerprint density at radius 1 is 0.750 bits per heavy atom. The number of benzene rings is 4. The molecule has 0 aliphatic carbocycles. The van der Waals surface area contributed by atoms with Crippen molar-refractivity contribution in [3.63, 3.8) is 0 Å². The number of nitrogens with zero attached hydrogens (tertiary/aromatic N) is 2. The van der Waals surface area contributed by atoms with E-state index in [9.17, 15) is 0 Å². The van der Waals surface area contributed by atoms with Gasteiger partial charge in [0.2, 0.25) is 0 Å². The van der Waals surface area contributed by atoms with Crippen molar-refractivity contribution in [2.24, 2.45) is 9.98 Å². The number of hydrogen-bond donors (Lipinski definition) is 0. The molecule has 3 heteroatoms. The lowest BCUT2D eigenvalue weighted by atomic mass is 10.0. The summed E-state index contributed by atoms with van der Waals surface area (Å²) in [6.07, 6.45) is 3.80. The van der Waals surface area contributed by atoms with Crippen LogP contribution in [0.1, 0.15) is 27.8 Å². The number of hydrogen-bond acceptors (Lipinski definition) is 3. The lowest BCUT2D eigenvalue weighted by molar-refractivity contribution is 1.13. The molecule has 0 spiro atoms. The smallest absolute Gasteiger partial charge is 0.0670 e. The van der Waals surface area contributed by atoms with E-state index >= 15 is 0 Å². The van der Waals surface area contributed by atoms with Crippen LogP contribution >= 0.6 is 11.3 Å². The Bertz CT molecular complexity index is 1580. The standard InChI is InChI=1S/C33H26N2S/c1-2-23-19-26(24-9-5-3-6-10-24)13-16-30(23)34-22-29-15-18-33(36-29)32-21-28-20-27(14-17-31(28)35-32)25-11-7-4-8-12-25/h3-20,22H,2,21H2,1H3. The second-order valence-corrected chi connectivity index (χ2v) is 10.1. The van der Waals surface area contributed by atoms with Crippen LogP contribution in [0.25, 0.3) is 22.3 Å². The third-order valence-corrected chi connectivity index (χ3v) is 7.68. The van der Waals surface area contributed by atoms with Crippen molar-refractivity contribution in [1.29, 1.82) is 0 Å². The fraction of sp³-hybridized carbons (Fsp3) is 0.0909. The van der Waals surface area contributed by atoms with Gasteiger partial charge in [0.25, 0.3) is 0 Å². The Kier molecular flexibility index (Phi) is 6.15. The molecule has 5 aromatic rings. The minimum absolute atomic E-state index is 0.869. The van der Waals surface area contributed by atoms with Crippen molar-refractivity contribution in [2.45, 2.75) is 19.8 Å². The highest BCUT2D eigenvalue weighted by Crippen LogP contribution is 2.34. The van der Waals surface area contributed by atoms with Gasteiger partial charge in [0.05, 0.1) is 17.1 Å². The van der Waals surface area contributed by atoms with Gasteiger partial charge in [-0.25, -0.2) is 0 Å². The normalized spacial score (nSPS) is 12.6. The molecule has 2 nitrogen and oxygen atoms in total. The zero-order valence-corrected chi connectivity index (χ0v) is 21.0. The van der Waals surface area contributed by atoms with Gasteiger partial charge in [-0.3, -0.25) is 9.98 Å². The molecule has 1 aliphatic rings. The van der Waals surface area contributed by atoms with Crippen molar-refractivity contribution >= 4 is 34.6 Å². The van der Waals surface area contributed by atoms with Crippen LogP contribution < -0.4 is 0 Å². The monoisotopic (exact) mass is 482 g/mol. The number of thiophene rings is 1. The Balaban J connectivity index is 1.19. The molecule has 0 N–H and O–H groups in total. The van der Waals surface area contributed by atoms with Crippen LogP contribution in [0.4, 0.5) is 11.4 Å². The van der Waals surface area contributed by atoms with Crippen LogP contribution in [-0.2, 0) is 12.8 Å². The van der Waals surface area contributed by atoms with E-state index in [1.54, 1.807) is 11.3 Å². The van der Waals surface area contributed by atoms with E-state index in [2.05, 4.69) is 116 Å². The summed E-state index contributed by atoms with van der Waals surface area (Å²) >= 11 is 1.75. The molecule has 6 rings (SSSR count). The van der Waals surface area contributed by atoms with Gasteiger partial charge in [0.1, 0.15) is 0 Å². The Labute approximate surface area is 216 Å². The molecule has 0 bridgehead atoms. The quantitative estimate of drug-likeness (QED) is 0.216. The molecule has 0 atom stereocenters. The first-order chi connectivity index (χ1) is 17.8. The second-order valence-electron chi connectivity index (χ2n) is 8.97. The summed E-state index contributed by atoms with van der Waals surface area (Å²) in [5.41, 5.74) is 10.8. The van der Waals surface area contributed by atoms with E-state index in [0.29, 0.717) is 0 Å². The van der Waals surface area contributed by atoms with Gasteiger partial charge in [0.15, 0.2) is 0 Å². The molecule has 1 aliphatic heterocycles. The minimum atomic E-state index is 0.869. The Hall–Kier alpha value is -4.08. The van der Waals surface area contributed by atoms with E-state index in [-0.39, 0.29) is 0 Å². The van der Waals surface area contributed by atoms with Gasteiger partial charge < -0.3 is 0 Å². The van der Waals surface area contributed by atoms with E-state index in [1.807, 2.05) is 6.21 Å². The largest absolute Gasteiger partial charge is 0.255 e. The molecular weight excluding hydrogens is 456 g/mol. The minimum Gasteiger partial charge on any atom is -0.255 e. The average Bonchev–Trinajstić information content (AvgIpc) is 3.59. The summed E-state index contributed by atoms with van der Waals surface area (Å²) in [7, 11) is 0. The first kappa shape index (κ1) is 22.4.